The Labute approximate surface area is 110 Å². The first-order valence-electron chi connectivity index (χ1n) is 6.67. The van der Waals surface area contributed by atoms with E-state index < -0.39 is 0 Å². The maximum absolute atomic E-state index is 12.3. The lowest BCUT2D eigenvalue weighted by molar-refractivity contribution is 0.150. The smallest absolute Gasteiger partial charge is 0.319 e. The van der Waals surface area contributed by atoms with Crippen molar-refractivity contribution in [2.45, 2.75) is 45.1 Å². The van der Waals surface area contributed by atoms with E-state index in [-0.39, 0.29) is 6.03 Å². The predicted octanol–water partition coefficient (Wildman–Crippen LogP) is 3.06. The fraction of sp³-hybridized carbons (Fsp3) is 0.923. The molecule has 0 bridgehead atoms. The van der Waals surface area contributed by atoms with E-state index in [0.29, 0.717) is 6.04 Å². The van der Waals surface area contributed by atoms with Gasteiger partial charge in [-0.15, -0.1) is 0 Å². The highest BCUT2D eigenvalue weighted by Crippen LogP contribution is 2.14. The second-order valence-corrected chi connectivity index (χ2v) is 5.91. The molecule has 1 rings (SSSR count). The molecule has 0 saturated carbocycles. The van der Waals surface area contributed by atoms with Crippen molar-refractivity contribution in [3.05, 3.63) is 0 Å². The maximum atomic E-state index is 12.3. The van der Waals surface area contributed by atoms with Crippen molar-refractivity contribution < 1.29 is 4.79 Å². The third kappa shape index (κ3) is 4.78. The Hall–Kier alpha value is -0.380. The quantitative estimate of drug-likeness (QED) is 0.774. The van der Waals surface area contributed by atoms with Gasteiger partial charge in [0.15, 0.2) is 0 Å². The molecule has 0 aromatic rings. The molecule has 1 aliphatic heterocycles. The van der Waals surface area contributed by atoms with Crippen molar-refractivity contribution >= 4 is 17.8 Å². The van der Waals surface area contributed by atoms with E-state index >= 15 is 0 Å². The Bertz CT molecular complexity index is 227. The van der Waals surface area contributed by atoms with E-state index in [4.69, 9.17) is 0 Å². The van der Waals surface area contributed by atoms with Crippen LogP contribution in [0.1, 0.15) is 39.0 Å². The van der Waals surface area contributed by atoms with Crippen molar-refractivity contribution in [2.24, 2.45) is 0 Å². The summed E-state index contributed by atoms with van der Waals surface area (Å²) in [5.41, 5.74) is 0. The van der Waals surface area contributed by atoms with Crippen LogP contribution in [0.4, 0.5) is 4.79 Å². The number of carbonyl (C=O) groups is 1. The SMILES string of the molecule is CSCCC(C)N(C)C(=O)N1CCCCCC1. The summed E-state index contributed by atoms with van der Waals surface area (Å²) >= 11 is 1.85. The van der Waals surface area contributed by atoms with E-state index in [1.807, 2.05) is 28.6 Å². The van der Waals surface area contributed by atoms with Crippen LogP contribution in [-0.2, 0) is 0 Å². The van der Waals surface area contributed by atoms with Gasteiger partial charge in [0.05, 0.1) is 0 Å². The largest absolute Gasteiger partial charge is 0.325 e. The Morgan fingerprint density at radius 2 is 1.88 bits per heavy atom. The van der Waals surface area contributed by atoms with Gasteiger partial charge in [0, 0.05) is 26.2 Å². The molecule has 1 atom stereocenters. The average Bonchev–Trinajstić information content (AvgIpc) is 2.62. The van der Waals surface area contributed by atoms with Crippen LogP contribution in [0.5, 0.6) is 0 Å². The summed E-state index contributed by atoms with van der Waals surface area (Å²) < 4.78 is 0. The lowest BCUT2D eigenvalue weighted by Gasteiger charge is -2.31. The number of nitrogens with zero attached hydrogens (tertiary/aromatic N) is 2. The van der Waals surface area contributed by atoms with Crippen molar-refractivity contribution in [1.82, 2.24) is 9.80 Å². The Balaban J connectivity index is 2.43. The molecule has 0 aromatic heterocycles. The summed E-state index contributed by atoms with van der Waals surface area (Å²) in [5.74, 6) is 1.12. The second-order valence-electron chi connectivity index (χ2n) is 4.93. The lowest BCUT2D eigenvalue weighted by Crippen LogP contribution is -2.45. The molecule has 100 valence electrons. The number of carbonyl (C=O) groups excluding carboxylic acids is 1. The van der Waals surface area contributed by atoms with Crippen molar-refractivity contribution in [3.63, 3.8) is 0 Å². The van der Waals surface area contributed by atoms with E-state index in [1.54, 1.807) is 0 Å². The molecule has 2 amide bonds. The zero-order valence-corrected chi connectivity index (χ0v) is 12.3. The lowest BCUT2D eigenvalue weighted by atomic mass is 10.2. The second kappa shape index (κ2) is 7.85. The molecule has 0 radical (unpaired) electrons. The highest BCUT2D eigenvalue weighted by molar-refractivity contribution is 7.98. The van der Waals surface area contributed by atoms with Gasteiger partial charge in [0.2, 0.25) is 0 Å². The Morgan fingerprint density at radius 1 is 1.29 bits per heavy atom. The summed E-state index contributed by atoms with van der Waals surface area (Å²) in [5, 5.41) is 0. The van der Waals surface area contributed by atoms with Gasteiger partial charge in [-0.05, 0) is 38.2 Å². The van der Waals surface area contributed by atoms with E-state index in [2.05, 4.69) is 13.2 Å². The van der Waals surface area contributed by atoms with Crippen LogP contribution in [0, 0.1) is 0 Å². The molecule has 4 heteroatoms. The molecule has 1 unspecified atom stereocenters. The normalized spacial score (nSPS) is 18.6. The standard InChI is InChI=1S/C13H26N2OS/c1-12(8-11-17-3)14(2)13(16)15-9-6-4-5-7-10-15/h12H,4-11H2,1-3H3. The number of hydrogen-bond donors (Lipinski definition) is 0. The number of likely N-dealkylation sites (tertiary alicyclic amines) is 1. The molecule has 0 spiro atoms. The molecular weight excluding hydrogens is 232 g/mol. The monoisotopic (exact) mass is 258 g/mol. The van der Waals surface area contributed by atoms with Crippen LogP contribution >= 0.6 is 11.8 Å². The highest BCUT2D eigenvalue weighted by Gasteiger charge is 2.22. The zero-order valence-electron chi connectivity index (χ0n) is 11.4. The van der Waals surface area contributed by atoms with Crippen LogP contribution in [0.3, 0.4) is 0 Å². The van der Waals surface area contributed by atoms with Crippen LogP contribution in [-0.4, -0.2) is 54.0 Å². The number of urea groups is 1. The first-order valence-corrected chi connectivity index (χ1v) is 8.07. The molecule has 0 aromatic carbocycles. The third-order valence-electron chi connectivity index (χ3n) is 3.58. The third-order valence-corrected chi connectivity index (χ3v) is 4.22. The van der Waals surface area contributed by atoms with Gasteiger partial charge < -0.3 is 9.80 Å². The average molecular weight is 258 g/mol. The van der Waals surface area contributed by atoms with Crippen LogP contribution < -0.4 is 0 Å². The number of thioether (sulfide) groups is 1. The van der Waals surface area contributed by atoms with Crippen molar-refractivity contribution in [3.8, 4) is 0 Å². The summed E-state index contributed by atoms with van der Waals surface area (Å²) in [6.07, 6.45) is 8.07. The first kappa shape index (κ1) is 14.7. The van der Waals surface area contributed by atoms with Crippen molar-refractivity contribution in [2.75, 3.05) is 32.1 Å². The zero-order chi connectivity index (χ0) is 12.7. The van der Waals surface area contributed by atoms with E-state index in [1.165, 1.54) is 25.7 Å². The van der Waals surface area contributed by atoms with Crippen LogP contribution in [0.15, 0.2) is 0 Å². The van der Waals surface area contributed by atoms with Gasteiger partial charge in [-0.1, -0.05) is 12.8 Å². The molecule has 1 fully saturated rings. The van der Waals surface area contributed by atoms with Gasteiger partial charge in [-0.25, -0.2) is 4.79 Å². The fourth-order valence-electron chi connectivity index (χ4n) is 2.16. The van der Waals surface area contributed by atoms with Crippen molar-refractivity contribution in [1.29, 1.82) is 0 Å². The summed E-state index contributed by atoms with van der Waals surface area (Å²) in [7, 11) is 1.94. The van der Waals surface area contributed by atoms with Crippen LogP contribution in [0.2, 0.25) is 0 Å². The van der Waals surface area contributed by atoms with Crippen LogP contribution in [0.25, 0.3) is 0 Å². The van der Waals surface area contributed by atoms with E-state index in [0.717, 1.165) is 25.3 Å². The fourth-order valence-corrected chi connectivity index (χ4v) is 2.73. The minimum atomic E-state index is 0.223. The topological polar surface area (TPSA) is 23.6 Å². The minimum absolute atomic E-state index is 0.223. The van der Waals surface area contributed by atoms with Gasteiger partial charge in [0.25, 0.3) is 0 Å². The molecular formula is C13H26N2OS. The first-order chi connectivity index (χ1) is 8.16. The predicted molar refractivity (Wildman–Crippen MR) is 75.7 cm³/mol. The number of rotatable bonds is 4. The Morgan fingerprint density at radius 3 is 2.41 bits per heavy atom. The molecule has 1 saturated heterocycles. The molecule has 1 aliphatic rings. The van der Waals surface area contributed by atoms with Gasteiger partial charge in [-0.3, -0.25) is 0 Å². The van der Waals surface area contributed by atoms with Gasteiger partial charge in [0.1, 0.15) is 0 Å². The molecule has 1 heterocycles. The maximum Gasteiger partial charge on any atom is 0.319 e. The summed E-state index contributed by atoms with van der Waals surface area (Å²) in [6, 6.07) is 0.568. The molecule has 3 nitrogen and oxygen atoms in total. The Kier molecular flexibility index (Phi) is 6.78. The van der Waals surface area contributed by atoms with Gasteiger partial charge in [-0.2, -0.15) is 11.8 Å². The number of amides is 2. The minimum Gasteiger partial charge on any atom is -0.325 e. The van der Waals surface area contributed by atoms with E-state index in [9.17, 15) is 4.79 Å². The highest BCUT2D eigenvalue weighted by atomic mass is 32.2. The number of hydrogen-bond acceptors (Lipinski definition) is 2. The molecule has 0 N–H and O–H groups in total. The van der Waals surface area contributed by atoms with Gasteiger partial charge >= 0.3 is 6.03 Å². The molecule has 0 aliphatic carbocycles. The summed E-state index contributed by atoms with van der Waals surface area (Å²) in [4.78, 5) is 16.2. The molecule has 17 heavy (non-hydrogen) atoms. The summed E-state index contributed by atoms with van der Waals surface area (Å²) in [6.45, 7) is 4.03.